The van der Waals surface area contributed by atoms with Crippen molar-refractivity contribution in [3.05, 3.63) is 63.9 Å². The average molecular weight is 399 g/mol. The molecule has 0 aliphatic rings. The Morgan fingerprint density at radius 3 is 2.38 bits per heavy atom. The summed E-state index contributed by atoms with van der Waals surface area (Å²) in [7, 11) is 0. The van der Waals surface area contributed by atoms with E-state index in [4.69, 9.17) is 27.9 Å². The molecule has 2 rings (SSSR count). The molecule has 26 heavy (non-hydrogen) atoms. The van der Waals surface area contributed by atoms with E-state index in [2.05, 4.69) is 10.6 Å². The highest BCUT2D eigenvalue weighted by molar-refractivity contribution is 6.36. The minimum atomic E-state index is -0.808. The molecule has 9 heteroatoms. The largest absolute Gasteiger partial charge is 0.454 e. The first-order valence-electron chi connectivity index (χ1n) is 7.29. The van der Waals surface area contributed by atoms with Gasteiger partial charge in [0, 0.05) is 10.7 Å². The molecule has 2 aromatic carbocycles. The molecule has 2 amide bonds. The maximum atomic E-state index is 12.8. The quantitative estimate of drug-likeness (QED) is 0.732. The topological polar surface area (TPSA) is 84.5 Å². The van der Waals surface area contributed by atoms with Gasteiger partial charge in [-0.1, -0.05) is 23.2 Å². The summed E-state index contributed by atoms with van der Waals surface area (Å²) in [5.74, 6) is -2.43. The van der Waals surface area contributed by atoms with Gasteiger partial charge in [0.15, 0.2) is 6.61 Å². The molecular weight excluding hydrogens is 386 g/mol. The SMILES string of the molecule is O=C(COC(=O)CNC(=O)c1ccc(Cl)cc1Cl)Nc1ccc(F)cc1. The van der Waals surface area contributed by atoms with E-state index in [-0.39, 0.29) is 10.6 Å². The maximum Gasteiger partial charge on any atom is 0.325 e. The van der Waals surface area contributed by atoms with Crippen molar-refractivity contribution in [1.29, 1.82) is 0 Å². The lowest BCUT2D eigenvalue weighted by atomic mass is 10.2. The fraction of sp³-hybridized carbons (Fsp3) is 0.118. The van der Waals surface area contributed by atoms with Crippen molar-refractivity contribution in [1.82, 2.24) is 5.32 Å². The monoisotopic (exact) mass is 398 g/mol. The third kappa shape index (κ3) is 6.02. The number of hydrogen-bond acceptors (Lipinski definition) is 4. The molecule has 0 spiro atoms. The molecule has 0 saturated carbocycles. The Kier molecular flexibility index (Phi) is 6.94. The predicted molar refractivity (Wildman–Crippen MR) is 94.8 cm³/mol. The minimum absolute atomic E-state index is 0.141. The summed E-state index contributed by atoms with van der Waals surface area (Å²) in [4.78, 5) is 35.2. The lowest BCUT2D eigenvalue weighted by molar-refractivity contribution is -0.146. The second-order valence-corrected chi connectivity index (χ2v) is 5.87. The zero-order valence-corrected chi connectivity index (χ0v) is 14.7. The Bertz CT molecular complexity index is 828. The molecular formula is C17H13Cl2FN2O4. The van der Waals surface area contributed by atoms with Crippen LogP contribution < -0.4 is 10.6 Å². The number of amides is 2. The number of anilines is 1. The van der Waals surface area contributed by atoms with Crippen LogP contribution in [0, 0.1) is 5.82 Å². The molecule has 0 bridgehead atoms. The Balaban J connectivity index is 1.75. The Morgan fingerprint density at radius 1 is 1.04 bits per heavy atom. The number of esters is 1. The van der Waals surface area contributed by atoms with Crippen LogP contribution in [0.4, 0.5) is 10.1 Å². The predicted octanol–water partition coefficient (Wildman–Crippen LogP) is 3.04. The van der Waals surface area contributed by atoms with E-state index in [1.807, 2.05) is 0 Å². The van der Waals surface area contributed by atoms with E-state index < -0.39 is 36.8 Å². The van der Waals surface area contributed by atoms with Crippen molar-refractivity contribution in [3.63, 3.8) is 0 Å². The molecule has 2 aromatic rings. The molecule has 6 nitrogen and oxygen atoms in total. The van der Waals surface area contributed by atoms with E-state index in [1.165, 1.54) is 42.5 Å². The zero-order chi connectivity index (χ0) is 19.1. The van der Waals surface area contributed by atoms with Crippen molar-refractivity contribution in [2.45, 2.75) is 0 Å². The second kappa shape index (κ2) is 9.17. The summed E-state index contributed by atoms with van der Waals surface area (Å²) in [5.41, 5.74) is 0.510. The van der Waals surface area contributed by atoms with Crippen LogP contribution in [0.25, 0.3) is 0 Å². The van der Waals surface area contributed by atoms with Gasteiger partial charge in [-0.3, -0.25) is 14.4 Å². The van der Waals surface area contributed by atoms with Crippen molar-refractivity contribution in [2.24, 2.45) is 0 Å². The van der Waals surface area contributed by atoms with Crippen LogP contribution in [0.1, 0.15) is 10.4 Å². The highest BCUT2D eigenvalue weighted by atomic mass is 35.5. The maximum absolute atomic E-state index is 12.8. The average Bonchev–Trinajstić information content (AvgIpc) is 2.60. The van der Waals surface area contributed by atoms with Crippen molar-refractivity contribution >= 4 is 46.7 Å². The van der Waals surface area contributed by atoms with Crippen LogP contribution in [0.3, 0.4) is 0 Å². The van der Waals surface area contributed by atoms with Gasteiger partial charge in [0.05, 0.1) is 10.6 Å². The molecule has 0 atom stereocenters. The van der Waals surface area contributed by atoms with Crippen molar-refractivity contribution < 1.29 is 23.5 Å². The molecule has 0 aromatic heterocycles. The Morgan fingerprint density at radius 2 is 1.73 bits per heavy atom. The number of carbonyl (C=O) groups is 3. The van der Waals surface area contributed by atoms with Crippen LogP contribution in [0.5, 0.6) is 0 Å². The molecule has 0 heterocycles. The minimum Gasteiger partial charge on any atom is -0.454 e. The summed E-state index contributed by atoms with van der Waals surface area (Å²) < 4.78 is 17.5. The van der Waals surface area contributed by atoms with E-state index in [0.29, 0.717) is 10.7 Å². The molecule has 0 unspecified atom stereocenters. The van der Waals surface area contributed by atoms with Gasteiger partial charge in [-0.15, -0.1) is 0 Å². The normalized spacial score (nSPS) is 10.1. The number of nitrogens with one attached hydrogen (secondary N) is 2. The molecule has 0 fully saturated rings. The van der Waals surface area contributed by atoms with Crippen molar-refractivity contribution in [2.75, 3.05) is 18.5 Å². The molecule has 0 aliphatic carbocycles. The van der Waals surface area contributed by atoms with Crippen LogP contribution in [-0.2, 0) is 14.3 Å². The first kappa shape index (κ1) is 19.7. The van der Waals surface area contributed by atoms with Gasteiger partial charge in [0.1, 0.15) is 12.4 Å². The zero-order valence-electron chi connectivity index (χ0n) is 13.2. The fourth-order valence-corrected chi connectivity index (χ4v) is 2.34. The van der Waals surface area contributed by atoms with E-state index in [0.717, 1.165) is 0 Å². The van der Waals surface area contributed by atoms with E-state index in [9.17, 15) is 18.8 Å². The first-order chi connectivity index (χ1) is 12.3. The van der Waals surface area contributed by atoms with Crippen LogP contribution in [0.2, 0.25) is 10.0 Å². The van der Waals surface area contributed by atoms with Crippen LogP contribution in [-0.4, -0.2) is 30.9 Å². The smallest absolute Gasteiger partial charge is 0.325 e. The fourth-order valence-electron chi connectivity index (χ4n) is 1.85. The molecule has 2 N–H and O–H groups in total. The second-order valence-electron chi connectivity index (χ2n) is 5.02. The van der Waals surface area contributed by atoms with Crippen molar-refractivity contribution in [3.8, 4) is 0 Å². The van der Waals surface area contributed by atoms with Gasteiger partial charge >= 0.3 is 5.97 Å². The number of ether oxygens (including phenoxy) is 1. The third-order valence-electron chi connectivity index (χ3n) is 3.06. The van der Waals surface area contributed by atoms with Crippen LogP contribution >= 0.6 is 23.2 Å². The van der Waals surface area contributed by atoms with Gasteiger partial charge in [-0.25, -0.2) is 4.39 Å². The number of halogens is 3. The van der Waals surface area contributed by atoms with E-state index >= 15 is 0 Å². The number of hydrogen-bond donors (Lipinski definition) is 2. The van der Waals surface area contributed by atoms with Gasteiger partial charge in [0.2, 0.25) is 0 Å². The summed E-state index contributed by atoms with van der Waals surface area (Å²) in [6, 6.07) is 9.40. The third-order valence-corrected chi connectivity index (χ3v) is 3.61. The number of benzene rings is 2. The van der Waals surface area contributed by atoms with Gasteiger partial charge in [0.25, 0.3) is 11.8 Å². The number of rotatable bonds is 6. The number of carbonyl (C=O) groups excluding carboxylic acids is 3. The van der Waals surface area contributed by atoms with Gasteiger partial charge < -0.3 is 15.4 Å². The highest BCUT2D eigenvalue weighted by Crippen LogP contribution is 2.20. The summed E-state index contributed by atoms with van der Waals surface area (Å²) >= 11 is 11.6. The Labute approximate surface area is 158 Å². The van der Waals surface area contributed by atoms with Gasteiger partial charge in [-0.2, -0.15) is 0 Å². The first-order valence-corrected chi connectivity index (χ1v) is 8.05. The molecule has 0 radical (unpaired) electrons. The standard InChI is InChI=1S/C17H13Cl2FN2O4/c18-10-1-6-13(14(19)7-10)17(25)21-8-16(24)26-9-15(23)22-12-4-2-11(20)3-5-12/h1-7H,8-9H2,(H,21,25)(H,22,23). The summed E-state index contributed by atoms with van der Waals surface area (Å²) in [6.45, 7) is -0.991. The summed E-state index contributed by atoms with van der Waals surface area (Å²) in [5, 5.41) is 5.27. The van der Waals surface area contributed by atoms with Crippen LogP contribution in [0.15, 0.2) is 42.5 Å². The van der Waals surface area contributed by atoms with Gasteiger partial charge in [-0.05, 0) is 42.5 Å². The highest BCUT2D eigenvalue weighted by Gasteiger charge is 2.13. The lowest BCUT2D eigenvalue weighted by Crippen LogP contribution is -2.32. The molecule has 136 valence electrons. The Hall–Kier alpha value is -2.64. The van der Waals surface area contributed by atoms with E-state index in [1.54, 1.807) is 0 Å². The lowest BCUT2D eigenvalue weighted by Gasteiger charge is -2.08. The molecule has 0 aliphatic heterocycles. The molecule has 0 saturated heterocycles. The summed E-state index contributed by atoms with van der Waals surface area (Å²) in [6.07, 6.45) is 0.